The number of hydrogen-bond donors (Lipinski definition) is 1. The molecule has 0 spiro atoms. The van der Waals surface area contributed by atoms with Crippen LogP contribution in [0.2, 0.25) is 0 Å². The SMILES string of the molecule is Cc1cc(OCCC(F)(F)F)c(CN)cn1. The number of nitrogens with two attached hydrogens (primary N) is 1. The molecule has 0 saturated heterocycles. The summed E-state index contributed by atoms with van der Waals surface area (Å²) >= 11 is 0. The number of alkyl halides is 3. The second kappa shape index (κ2) is 5.16. The van der Waals surface area contributed by atoms with Crippen molar-refractivity contribution < 1.29 is 17.9 Å². The normalized spacial score (nSPS) is 11.6. The van der Waals surface area contributed by atoms with Crippen molar-refractivity contribution in [2.45, 2.75) is 26.1 Å². The fourth-order valence-corrected chi connectivity index (χ4v) is 1.13. The highest BCUT2D eigenvalue weighted by Gasteiger charge is 2.26. The predicted molar refractivity (Wildman–Crippen MR) is 53.0 cm³/mol. The summed E-state index contributed by atoms with van der Waals surface area (Å²) in [6, 6.07) is 1.58. The van der Waals surface area contributed by atoms with Gasteiger partial charge in [-0.25, -0.2) is 0 Å². The molecule has 2 N–H and O–H groups in total. The lowest BCUT2D eigenvalue weighted by molar-refractivity contribution is -0.139. The first-order valence-corrected chi connectivity index (χ1v) is 4.77. The summed E-state index contributed by atoms with van der Waals surface area (Å²) in [5.74, 6) is 0.374. The Bertz CT molecular complexity index is 352. The molecule has 1 aromatic rings. The largest absolute Gasteiger partial charge is 0.493 e. The van der Waals surface area contributed by atoms with Crippen molar-refractivity contribution in [2.24, 2.45) is 5.73 Å². The van der Waals surface area contributed by atoms with Gasteiger partial charge in [0.05, 0.1) is 13.0 Å². The van der Waals surface area contributed by atoms with Crippen LogP contribution in [0.4, 0.5) is 13.2 Å². The van der Waals surface area contributed by atoms with Crippen LogP contribution in [0, 0.1) is 6.92 Å². The van der Waals surface area contributed by atoms with E-state index in [-0.39, 0.29) is 6.54 Å². The van der Waals surface area contributed by atoms with E-state index in [9.17, 15) is 13.2 Å². The lowest BCUT2D eigenvalue weighted by Crippen LogP contribution is -2.14. The van der Waals surface area contributed by atoms with Crippen molar-refractivity contribution in [2.75, 3.05) is 6.61 Å². The van der Waals surface area contributed by atoms with Crippen LogP contribution in [0.3, 0.4) is 0 Å². The summed E-state index contributed by atoms with van der Waals surface area (Å²) in [6.45, 7) is 1.52. The number of ether oxygens (including phenoxy) is 1. The lowest BCUT2D eigenvalue weighted by Gasteiger charge is -2.11. The molecule has 1 heterocycles. The first kappa shape index (κ1) is 12.8. The van der Waals surface area contributed by atoms with Crippen molar-refractivity contribution in [3.8, 4) is 5.75 Å². The molecule has 0 aromatic carbocycles. The highest BCUT2D eigenvalue weighted by atomic mass is 19.4. The molecule has 0 aliphatic heterocycles. The Morgan fingerprint density at radius 2 is 2.12 bits per heavy atom. The second-order valence-electron chi connectivity index (χ2n) is 3.35. The van der Waals surface area contributed by atoms with Crippen molar-refractivity contribution in [3.05, 3.63) is 23.5 Å². The summed E-state index contributed by atoms with van der Waals surface area (Å²) in [4.78, 5) is 3.99. The van der Waals surface area contributed by atoms with Crippen LogP contribution in [0.1, 0.15) is 17.7 Å². The summed E-state index contributed by atoms with van der Waals surface area (Å²) in [5.41, 5.74) is 6.70. The topological polar surface area (TPSA) is 48.1 Å². The maximum atomic E-state index is 11.9. The molecule has 90 valence electrons. The van der Waals surface area contributed by atoms with Crippen LogP contribution in [0.25, 0.3) is 0 Å². The van der Waals surface area contributed by atoms with E-state index in [2.05, 4.69) is 4.98 Å². The minimum absolute atomic E-state index is 0.189. The first-order chi connectivity index (χ1) is 7.42. The predicted octanol–water partition coefficient (Wildman–Crippen LogP) is 2.18. The Labute approximate surface area is 91.4 Å². The molecule has 3 nitrogen and oxygen atoms in total. The molecule has 0 aliphatic carbocycles. The molecule has 0 saturated carbocycles. The molecule has 1 rings (SSSR count). The molecule has 0 radical (unpaired) electrons. The zero-order valence-corrected chi connectivity index (χ0v) is 8.84. The van der Waals surface area contributed by atoms with E-state index in [0.29, 0.717) is 17.0 Å². The highest BCUT2D eigenvalue weighted by Crippen LogP contribution is 2.22. The van der Waals surface area contributed by atoms with E-state index < -0.39 is 19.2 Å². The highest BCUT2D eigenvalue weighted by molar-refractivity contribution is 5.32. The Hall–Kier alpha value is -1.30. The van der Waals surface area contributed by atoms with Crippen LogP contribution < -0.4 is 10.5 Å². The molecule has 0 unspecified atom stereocenters. The fraction of sp³-hybridized carbons (Fsp3) is 0.500. The van der Waals surface area contributed by atoms with Gasteiger partial charge < -0.3 is 10.5 Å². The maximum absolute atomic E-state index is 11.9. The van der Waals surface area contributed by atoms with Gasteiger partial charge in [0.15, 0.2) is 0 Å². The van der Waals surface area contributed by atoms with Crippen molar-refractivity contribution in [1.82, 2.24) is 4.98 Å². The second-order valence-corrected chi connectivity index (χ2v) is 3.35. The minimum Gasteiger partial charge on any atom is -0.493 e. The molecule has 0 aliphatic rings. The van der Waals surface area contributed by atoms with E-state index in [1.807, 2.05) is 0 Å². The number of hydrogen-bond acceptors (Lipinski definition) is 3. The number of nitrogens with zero attached hydrogens (tertiary/aromatic N) is 1. The van der Waals surface area contributed by atoms with Gasteiger partial charge in [0.2, 0.25) is 0 Å². The van der Waals surface area contributed by atoms with E-state index in [0.717, 1.165) is 0 Å². The summed E-state index contributed by atoms with van der Waals surface area (Å²) in [5, 5.41) is 0. The third kappa shape index (κ3) is 4.06. The lowest BCUT2D eigenvalue weighted by atomic mass is 10.2. The number of aromatic nitrogens is 1. The quantitative estimate of drug-likeness (QED) is 0.868. The van der Waals surface area contributed by atoms with E-state index in [1.165, 1.54) is 6.20 Å². The Kier molecular flexibility index (Phi) is 4.12. The zero-order chi connectivity index (χ0) is 12.2. The van der Waals surface area contributed by atoms with Crippen molar-refractivity contribution in [1.29, 1.82) is 0 Å². The number of pyridine rings is 1. The third-order valence-corrected chi connectivity index (χ3v) is 1.94. The van der Waals surface area contributed by atoms with Gasteiger partial charge in [-0.15, -0.1) is 0 Å². The summed E-state index contributed by atoms with van der Waals surface area (Å²) in [6.07, 6.45) is -3.67. The van der Waals surface area contributed by atoms with Crippen LogP contribution >= 0.6 is 0 Å². The fourth-order valence-electron chi connectivity index (χ4n) is 1.13. The first-order valence-electron chi connectivity index (χ1n) is 4.77. The van der Waals surface area contributed by atoms with Gasteiger partial charge in [-0.05, 0) is 6.92 Å². The molecule has 6 heteroatoms. The van der Waals surface area contributed by atoms with Gasteiger partial charge in [0, 0.05) is 30.1 Å². The molecule has 0 amide bonds. The molecular weight excluding hydrogens is 221 g/mol. The van der Waals surface area contributed by atoms with Crippen LogP contribution in [0.15, 0.2) is 12.3 Å². The summed E-state index contributed by atoms with van der Waals surface area (Å²) in [7, 11) is 0. The average Bonchev–Trinajstić information content (AvgIpc) is 2.16. The zero-order valence-electron chi connectivity index (χ0n) is 8.84. The van der Waals surface area contributed by atoms with Crippen LogP contribution in [0.5, 0.6) is 5.75 Å². The molecule has 0 fully saturated rings. The van der Waals surface area contributed by atoms with E-state index in [4.69, 9.17) is 10.5 Å². The summed E-state index contributed by atoms with van der Waals surface area (Å²) < 4.78 is 40.8. The van der Waals surface area contributed by atoms with Gasteiger partial charge >= 0.3 is 6.18 Å². The van der Waals surface area contributed by atoms with Crippen LogP contribution in [-0.2, 0) is 6.54 Å². The Morgan fingerprint density at radius 1 is 1.44 bits per heavy atom. The molecule has 16 heavy (non-hydrogen) atoms. The van der Waals surface area contributed by atoms with Crippen molar-refractivity contribution in [3.63, 3.8) is 0 Å². The third-order valence-electron chi connectivity index (χ3n) is 1.94. The maximum Gasteiger partial charge on any atom is 0.392 e. The number of aryl methyl sites for hydroxylation is 1. The van der Waals surface area contributed by atoms with Crippen LogP contribution in [-0.4, -0.2) is 17.8 Å². The van der Waals surface area contributed by atoms with E-state index >= 15 is 0 Å². The molecule has 1 aromatic heterocycles. The smallest absolute Gasteiger partial charge is 0.392 e. The Balaban J connectivity index is 2.62. The van der Waals surface area contributed by atoms with Gasteiger partial charge in [0.1, 0.15) is 5.75 Å². The molecule has 0 atom stereocenters. The van der Waals surface area contributed by atoms with Gasteiger partial charge in [0.25, 0.3) is 0 Å². The monoisotopic (exact) mass is 234 g/mol. The van der Waals surface area contributed by atoms with Gasteiger partial charge in [-0.3, -0.25) is 4.98 Å². The van der Waals surface area contributed by atoms with E-state index in [1.54, 1.807) is 13.0 Å². The van der Waals surface area contributed by atoms with Gasteiger partial charge in [-0.2, -0.15) is 13.2 Å². The molecular formula is C10H13F3N2O. The standard InChI is InChI=1S/C10H13F3N2O/c1-7-4-9(8(5-14)6-15-7)16-3-2-10(11,12)13/h4,6H,2-3,5,14H2,1H3. The average molecular weight is 234 g/mol. The number of halogens is 3. The number of rotatable bonds is 4. The molecule has 0 bridgehead atoms. The van der Waals surface area contributed by atoms with Gasteiger partial charge in [-0.1, -0.05) is 0 Å². The Morgan fingerprint density at radius 3 is 2.69 bits per heavy atom. The van der Waals surface area contributed by atoms with Crippen molar-refractivity contribution >= 4 is 0 Å². The minimum atomic E-state index is -4.20.